The number of carboxylic acids is 1. The number of carboxylic acid groups (broad SMARTS) is 1. The van der Waals surface area contributed by atoms with Crippen LogP contribution >= 0.6 is 0 Å². The summed E-state index contributed by atoms with van der Waals surface area (Å²) in [6.07, 6.45) is -7.22. The van der Waals surface area contributed by atoms with Crippen molar-refractivity contribution in [3.05, 3.63) is 29.3 Å². The van der Waals surface area contributed by atoms with Gasteiger partial charge in [-0.15, -0.1) is 13.2 Å². The molecule has 0 saturated heterocycles. The van der Waals surface area contributed by atoms with Gasteiger partial charge in [-0.3, -0.25) is 4.79 Å². The Balaban J connectivity index is 3.10. The summed E-state index contributed by atoms with van der Waals surface area (Å²) in [5, 5.41) is 18.1. The standard InChI is InChI=1S/C13H13F3O6/c1-21-10(17)5-3-7-6-8(11(18)12(19)20)2-4-9(7)22-13(14,15)16/h2,4,6,11,18H,3,5H2,1H3,(H,19,20). The number of hydrogen-bond acceptors (Lipinski definition) is 5. The van der Waals surface area contributed by atoms with Gasteiger partial charge in [0, 0.05) is 6.42 Å². The Morgan fingerprint density at radius 1 is 1.32 bits per heavy atom. The smallest absolute Gasteiger partial charge is 0.479 e. The van der Waals surface area contributed by atoms with Crippen LogP contribution in [0.1, 0.15) is 23.7 Å². The van der Waals surface area contributed by atoms with Gasteiger partial charge in [-0.1, -0.05) is 6.07 Å². The van der Waals surface area contributed by atoms with Crippen LogP contribution in [0.15, 0.2) is 18.2 Å². The molecule has 0 fully saturated rings. The van der Waals surface area contributed by atoms with E-state index < -0.39 is 30.2 Å². The number of halogens is 3. The van der Waals surface area contributed by atoms with Crippen molar-refractivity contribution in [3.63, 3.8) is 0 Å². The zero-order valence-electron chi connectivity index (χ0n) is 11.4. The summed E-state index contributed by atoms with van der Waals surface area (Å²) < 4.78 is 45.1. The molecule has 2 N–H and O–H groups in total. The molecule has 0 aromatic heterocycles. The summed E-state index contributed by atoms with van der Waals surface area (Å²) in [4.78, 5) is 21.8. The maximum absolute atomic E-state index is 12.3. The number of hydrogen-bond donors (Lipinski definition) is 2. The largest absolute Gasteiger partial charge is 0.573 e. The normalized spacial score (nSPS) is 12.6. The predicted octanol–water partition coefficient (Wildman–Crippen LogP) is 1.81. The van der Waals surface area contributed by atoms with Crippen molar-refractivity contribution in [2.24, 2.45) is 0 Å². The average Bonchev–Trinajstić information content (AvgIpc) is 2.43. The summed E-state index contributed by atoms with van der Waals surface area (Å²) in [6.45, 7) is 0. The molecular formula is C13H13F3O6. The van der Waals surface area contributed by atoms with E-state index in [-0.39, 0.29) is 24.0 Å². The number of aliphatic hydroxyl groups is 1. The van der Waals surface area contributed by atoms with E-state index in [0.717, 1.165) is 25.3 Å². The third-order valence-corrected chi connectivity index (χ3v) is 2.69. The van der Waals surface area contributed by atoms with Crippen LogP contribution in [-0.4, -0.2) is 35.6 Å². The molecule has 1 aromatic carbocycles. The SMILES string of the molecule is COC(=O)CCc1cc(C(O)C(=O)O)ccc1OC(F)(F)F. The zero-order chi connectivity index (χ0) is 16.9. The lowest BCUT2D eigenvalue weighted by atomic mass is 10.0. The van der Waals surface area contributed by atoms with Crippen LogP contribution in [0.4, 0.5) is 13.2 Å². The van der Waals surface area contributed by atoms with Gasteiger partial charge < -0.3 is 19.7 Å². The fraction of sp³-hybridized carbons (Fsp3) is 0.385. The molecule has 0 amide bonds. The Hall–Kier alpha value is -2.29. The van der Waals surface area contributed by atoms with E-state index in [9.17, 15) is 27.9 Å². The van der Waals surface area contributed by atoms with E-state index in [4.69, 9.17) is 5.11 Å². The Kier molecular flexibility index (Phi) is 5.75. The highest BCUT2D eigenvalue weighted by molar-refractivity contribution is 5.74. The van der Waals surface area contributed by atoms with E-state index in [2.05, 4.69) is 9.47 Å². The van der Waals surface area contributed by atoms with Crippen LogP contribution in [0.5, 0.6) is 5.75 Å². The molecule has 22 heavy (non-hydrogen) atoms. The summed E-state index contributed by atoms with van der Waals surface area (Å²) in [6, 6.07) is 2.94. The molecule has 0 radical (unpaired) electrons. The van der Waals surface area contributed by atoms with Crippen molar-refractivity contribution in [1.82, 2.24) is 0 Å². The quantitative estimate of drug-likeness (QED) is 0.776. The number of methoxy groups -OCH3 is 1. The lowest BCUT2D eigenvalue weighted by Crippen LogP contribution is -2.19. The molecule has 1 rings (SSSR count). The first kappa shape index (κ1) is 17.8. The molecule has 0 spiro atoms. The number of aryl methyl sites for hydroxylation is 1. The minimum Gasteiger partial charge on any atom is -0.479 e. The van der Waals surface area contributed by atoms with Crippen LogP contribution in [0.25, 0.3) is 0 Å². The molecule has 6 nitrogen and oxygen atoms in total. The van der Waals surface area contributed by atoms with E-state index in [0.29, 0.717) is 0 Å². The summed E-state index contributed by atoms with van der Waals surface area (Å²) >= 11 is 0. The summed E-state index contributed by atoms with van der Waals surface area (Å²) in [7, 11) is 1.13. The van der Waals surface area contributed by atoms with Crippen LogP contribution in [0, 0.1) is 0 Å². The molecule has 0 saturated carbocycles. The molecule has 9 heteroatoms. The number of rotatable bonds is 6. The van der Waals surface area contributed by atoms with Gasteiger partial charge in [0.2, 0.25) is 0 Å². The third-order valence-electron chi connectivity index (χ3n) is 2.69. The minimum absolute atomic E-state index is 0.0690. The number of aliphatic hydroxyl groups excluding tert-OH is 1. The number of alkyl halides is 3. The van der Waals surface area contributed by atoms with E-state index in [1.54, 1.807) is 0 Å². The van der Waals surface area contributed by atoms with Crippen molar-refractivity contribution in [1.29, 1.82) is 0 Å². The average molecular weight is 322 g/mol. The molecule has 1 aromatic rings. The second kappa shape index (κ2) is 7.12. The Labute approximate surface area is 123 Å². The lowest BCUT2D eigenvalue weighted by molar-refractivity contribution is -0.274. The van der Waals surface area contributed by atoms with Gasteiger partial charge in [-0.25, -0.2) is 4.79 Å². The molecule has 0 aliphatic rings. The second-order valence-corrected chi connectivity index (χ2v) is 4.23. The number of carbonyl (C=O) groups is 2. The topological polar surface area (TPSA) is 93.1 Å². The molecule has 0 aliphatic heterocycles. The van der Waals surface area contributed by atoms with Gasteiger partial charge in [-0.2, -0.15) is 0 Å². The van der Waals surface area contributed by atoms with Crippen molar-refractivity contribution in [2.75, 3.05) is 7.11 Å². The first-order chi connectivity index (χ1) is 10.1. The fourth-order valence-electron chi connectivity index (χ4n) is 1.67. The molecule has 1 unspecified atom stereocenters. The van der Waals surface area contributed by atoms with Crippen LogP contribution in [0.2, 0.25) is 0 Å². The Morgan fingerprint density at radius 3 is 2.45 bits per heavy atom. The maximum atomic E-state index is 12.3. The highest BCUT2D eigenvalue weighted by Crippen LogP contribution is 2.30. The van der Waals surface area contributed by atoms with Gasteiger partial charge in [-0.05, 0) is 29.7 Å². The molecule has 0 heterocycles. The second-order valence-electron chi connectivity index (χ2n) is 4.23. The van der Waals surface area contributed by atoms with Crippen LogP contribution < -0.4 is 4.74 Å². The fourth-order valence-corrected chi connectivity index (χ4v) is 1.67. The summed E-state index contributed by atoms with van der Waals surface area (Å²) in [5.74, 6) is -2.77. The van der Waals surface area contributed by atoms with E-state index in [1.165, 1.54) is 0 Å². The van der Waals surface area contributed by atoms with Gasteiger partial charge in [0.25, 0.3) is 0 Å². The highest BCUT2D eigenvalue weighted by Gasteiger charge is 2.32. The number of benzene rings is 1. The van der Waals surface area contributed by atoms with Crippen LogP contribution in [-0.2, 0) is 20.7 Å². The van der Waals surface area contributed by atoms with Gasteiger partial charge in [0.05, 0.1) is 7.11 Å². The number of aliphatic carboxylic acids is 1. The molecule has 0 bridgehead atoms. The van der Waals surface area contributed by atoms with Crippen molar-refractivity contribution in [3.8, 4) is 5.75 Å². The third kappa shape index (κ3) is 5.24. The van der Waals surface area contributed by atoms with E-state index in [1.807, 2.05) is 0 Å². The Morgan fingerprint density at radius 2 is 1.95 bits per heavy atom. The zero-order valence-corrected chi connectivity index (χ0v) is 11.4. The minimum atomic E-state index is -4.94. The van der Waals surface area contributed by atoms with Gasteiger partial charge in [0.15, 0.2) is 6.10 Å². The number of carbonyl (C=O) groups excluding carboxylic acids is 1. The predicted molar refractivity (Wildman–Crippen MR) is 66.1 cm³/mol. The maximum Gasteiger partial charge on any atom is 0.573 e. The monoisotopic (exact) mass is 322 g/mol. The van der Waals surface area contributed by atoms with Gasteiger partial charge >= 0.3 is 18.3 Å². The lowest BCUT2D eigenvalue weighted by Gasteiger charge is -2.15. The molecule has 0 aliphatic carbocycles. The number of ether oxygens (including phenoxy) is 2. The van der Waals surface area contributed by atoms with Crippen LogP contribution in [0.3, 0.4) is 0 Å². The highest BCUT2D eigenvalue weighted by atomic mass is 19.4. The molecular weight excluding hydrogens is 309 g/mol. The Bertz CT molecular complexity index is 555. The first-order valence-electron chi connectivity index (χ1n) is 6.00. The van der Waals surface area contributed by atoms with Crippen molar-refractivity contribution >= 4 is 11.9 Å². The molecule has 122 valence electrons. The van der Waals surface area contributed by atoms with E-state index >= 15 is 0 Å². The molecule has 1 atom stereocenters. The van der Waals surface area contributed by atoms with Gasteiger partial charge in [0.1, 0.15) is 5.75 Å². The number of esters is 1. The summed E-state index contributed by atoms with van der Waals surface area (Å²) in [5.41, 5.74) is -0.192. The van der Waals surface area contributed by atoms with Crippen molar-refractivity contribution in [2.45, 2.75) is 25.3 Å². The first-order valence-corrected chi connectivity index (χ1v) is 6.00. The van der Waals surface area contributed by atoms with Crippen molar-refractivity contribution < 1.29 is 42.4 Å².